The standard InChI is InChI=1S/C19H20N2O6S2/c1-3-19(2,23)12-11-13-7-6-8-14(18(20)22)17(13)28(24,25)15-9-4-5-10-16(15)29(21,26)27/h4-10,23H,3H2,1-2H3,(H2,20,22)(H2,21,26,27). The SMILES string of the molecule is CCC(C)(O)C#Cc1cccc(C(N)=O)c1S(=O)(=O)c1ccccc1S(N)(=O)=O. The summed E-state index contributed by atoms with van der Waals surface area (Å²) in [6.45, 7) is 3.14. The van der Waals surface area contributed by atoms with E-state index in [2.05, 4.69) is 11.8 Å². The normalized spacial score (nSPS) is 13.8. The van der Waals surface area contributed by atoms with Crippen molar-refractivity contribution in [3.8, 4) is 11.8 Å². The molecule has 1 atom stereocenters. The van der Waals surface area contributed by atoms with E-state index in [1.165, 1.54) is 37.3 Å². The van der Waals surface area contributed by atoms with Gasteiger partial charge in [0.15, 0.2) is 0 Å². The Balaban J connectivity index is 2.92. The third-order valence-corrected chi connectivity index (χ3v) is 7.16. The number of sulfonamides is 1. The highest BCUT2D eigenvalue weighted by atomic mass is 32.2. The Labute approximate surface area is 169 Å². The van der Waals surface area contributed by atoms with Gasteiger partial charge in [-0.25, -0.2) is 22.0 Å². The molecule has 8 nitrogen and oxygen atoms in total. The highest BCUT2D eigenvalue weighted by Gasteiger charge is 2.31. The maximum atomic E-state index is 13.4. The fourth-order valence-corrected chi connectivity index (χ4v) is 5.40. The van der Waals surface area contributed by atoms with Crippen molar-refractivity contribution in [3.05, 3.63) is 53.6 Å². The molecule has 29 heavy (non-hydrogen) atoms. The van der Waals surface area contributed by atoms with Crippen LogP contribution in [0.4, 0.5) is 0 Å². The lowest BCUT2D eigenvalue weighted by molar-refractivity contribution is 0.0997. The molecule has 10 heteroatoms. The van der Waals surface area contributed by atoms with E-state index in [9.17, 15) is 26.7 Å². The van der Waals surface area contributed by atoms with Gasteiger partial charge in [-0.3, -0.25) is 4.79 Å². The molecule has 5 N–H and O–H groups in total. The Morgan fingerprint density at radius 2 is 1.66 bits per heavy atom. The predicted octanol–water partition coefficient (Wildman–Crippen LogP) is 0.778. The molecular formula is C19H20N2O6S2. The van der Waals surface area contributed by atoms with Gasteiger partial charge in [0.1, 0.15) is 15.4 Å². The van der Waals surface area contributed by atoms with E-state index in [-0.39, 0.29) is 17.5 Å². The molecule has 0 aliphatic carbocycles. The van der Waals surface area contributed by atoms with Gasteiger partial charge >= 0.3 is 0 Å². The summed E-state index contributed by atoms with van der Waals surface area (Å²) in [5, 5.41) is 15.3. The van der Waals surface area contributed by atoms with Crippen LogP contribution < -0.4 is 10.9 Å². The number of amides is 1. The van der Waals surface area contributed by atoms with Crippen LogP contribution in [0.3, 0.4) is 0 Å². The third kappa shape index (κ3) is 4.83. The molecule has 0 fully saturated rings. The minimum atomic E-state index is -4.58. The van der Waals surface area contributed by atoms with Crippen LogP contribution in [0.2, 0.25) is 0 Å². The number of primary amides is 1. The van der Waals surface area contributed by atoms with Crippen LogP contribution in [-0.2, 0) is 19.9 Å². The van der Waals surface area contributed by atoms with Crippen LogP contribution in [0, 0.1) is 11.8 Å². The van der Waals surface area contributed by atoms with Crippen LogP contribution in [0.15, 0.2) is 57.2 Å². The van der Waals surface area contributed by atoms with E-state index in [0.29, 0.717) is 0 Å². The minimum Gasteiger partial charge on any atom is -0.378 e. The number of aliphatic hydroxyl groups is 1. The van der Waals surface area contributed by atoms with E-state index in [1.54, 1.807) is 6.92 Å². The van der Waals surface area contributed by atoms with Gasteiger partial charge in [0.2, 0.25) is 25.8 Å². The van der Waals surface area contributed by atoms with Crippen molar-refractivity contribution in [1.29, 1.82) is 0 Å². The molecule has 2 aromatic rings. The van der Waals surface area contributed by atoms with E-state index < -0.39 is 46.1 Å². The first-order valence-corrected chi connectivity index (χ1v) is 11.4. The Morgan fingerprint density at radius 3 is 2.17 bits per heavy atom. The van der Waals surface area contributed by atoms with Crippen molar-refractivity contribution in [2.24, 2.45) is 10.9 Å². The van der Waals surface area contributed by atoms with Crippen molar-refractivity contribution in [1.82, 2.24) is 0 Å². The molecule has 0 saturated heterocycles. The number of primary sulfonamides is 1. The molecule has 0 heterocycles. The number of sulfone groups is 1. The Bertz CT molecular complexity index is 1240. The lowest BCUT2D eigenvalue weighted by atomic mass is 10.0. The molecule has 2 rings (SSSR count). The maximum absolute atomic E-state index is 13.4. The van der Waals surface area contributed by atoms with Crippen molar-refractivity contribution in [2.75, 3.05) is 0 Å². The van der Waals surface area contributed by atoms with Gasteiger partial charge in [0.05, 0.1) is 10.5 Å². The van der Waals surface area contributed by atoms with Gasteiger partial charge in [-0.2, -0.15) is 0 Å². The Kier molecular flexibility index (Phi) is 6.20. The molecule has 0 spiro atoms. The number of nitrogens with two attached hydrogens (primary N) is 2. The Morgan fingerprint density at radius 1 is 1.07 bits per heavy atom. The first-order chi connectivity index (χ1) is 13.3. The van der Waals surface area contributed by atoms with Crippen LogP contribution in [0.25, 0.3) is 0 Å². The van der Waals surface area contributed by atoms with Crippen LogP contribution in [-0.4, -0.2) is 33.5 Å². The summed E-state index contributed by atoms with van der Waals surface area (Å²) >= 11 is 0. The smallest absolute Gasteiger partial charge is 0.250 e. The summed E-state index contributed by atoms with van der Waals surface area (Å²) in [4.78, 5) is 10.1. The van der Waals surface area contributed by atoms with Gasteiger partial charge in [-0.1, -0.05) is 37.0 Å². The second kappa shape index (κ2) is 7.96. The van der Waals surface area contributed by atoms with Crippen LogP contribution in [0.5, 0.6) is 0 Å². The number of benzene rings is 2. The fourth-order valence-electron chi connectivity index (χ4n) is 2.43. The van der Waals surface area contributed by atoms with Gasteiger partial charge < -0.3 is 10.8 Å². The summed E-state index contributed by atoms with van der Waals surface area (Å²) < 4.78 is 50.6. The van der Waals surface area contributed by atoms with E-state index in [4.69, 9.17) is 10.9 Å². The molecular weight excluding hydrogens is 416 g/mol. The van der Waals surface area contributed by atoms with Gasteiger partial charge in [-0.05, 0) is 37.6 Å². The van der Waals surface area contributed by atoms with Crippen LogP contribution >= 0.6 is 0 Å². The highest BCUT2D eigenvalue weighted by molar-refractivity contribution is 7.93. The van der Waals surface area contributed by atoms with E-state index >= 15 is 0 Å². The number of hydrogen-bond donors (Lipinski definition) is 3. The molecule has 0 aliphatic rings. The topological polar surface area (TPSA) is 158 Å². The minimum absolute atomic E-state index is 0.112. The predicted molar refractivity (Wildman–Crippen MR) is 106 cm³/mol. The number of hydrogen-bond acceptors (Lipinski definition) is 6. The zero-order valence-electron chi connectivity index (χ0n) is 15.7. The van der Waals surface area contributed by atoms with Crippen molar-refractivity contribution in [2.45, 2.75) is 40.6 Å². The molecule has 0 aliphatic heterocycles. The van der Waals surface area contributed by atoms with E-state index in [1.807, 2.05) is 0 Å². The molecule has 154 valence electrons. The molecule has 2 aromatic carbocycles. The average Bonchev–Trinajstić information content (AvgIpc) is 2.65. The van der Waals surface area contributed by atoms with E-state index in [0.717, 1.165) is 12.1 Å². The summed E-state index contributed by atoms with van der Waals surface area (Å²) in [6, 6.07) is 8.65. The van der Waals surface area contributed by atoms with Gasteiger partial charge in [0, 0.05) is 5.56 Å². The molecule has 1 amide bonds. The third-order valence-electron chi connectivity index (χ3n) is 4.15. The number of carbonyl (C=O) groups is 1. The zero-order valence-corrected chi connectivity index (χ0v) is 17.3. The maximum Gasteiger partial charge on any atom is 0.250 e. The van der Waals surface area contributed by atoms with Crippen LogP contribution in [0.1, 0.15) is 36.2 Å². The molecule has 0 bridgehead atoms. The van der Waals surface area contributed by atoms with Gasteiger partial charge in [0.25, 0.3) is 0 Å². The summed E-state index contributed by atoms with van der Waals surface area (Å²) in [7, 11) is -8.96. The number of carbonyl (C=O) groups excluding carboxylic acids is 1. The Hall–Kier alpha value is -2.71. The molecule has 0 radical (unpaired) electrons. The monoisotopic (exact) mass is 436 g/mol. The first-order valence-electron chi connectivity index (χ1n) is 8.36. The van der Waals surface area contributed by atoms with Crippen molar-refractivity contribution in [3.63, 3.8) is 0 Å². The van der Waals surface area contributed by atoms with Crippen molar-refractivity contribution >= 4 is 25.8 Å². The highest BCUT2D eigenvalue weighted by Crippen LogP contribution is 2.31. The lowest BCUT2D eigenvalue weighted by Gasteiger charge is -2.15. The largest absolute Gasteiger partial charge is 0.378 e. The number of rotatable bonds is 5. The van der Waals surface area contributed by atoms with Gasteiger partial charge in [-0.15, -0.1) is 0 Å². The molecule has 0 aromatic heterocycles. The summed E-state index contributed by atoms with van der Waals surface area (Å²) in [5.41, 5.74) is 3.47. The quantitative estimate of drug-likeness (QED) is 0.588. The molecule has 1 unspecified atom stereocenters. The lowest BCUT2D eigenvalue weighted by Crippen LogP contribution is -2.21. The second-order valence-electron chi connectivity index (χ2n) is 6.42. The first kappa shape index (κ1) is 22.6. The second-order valence-corrected chi connectivity index (χ2v) is 9.80. The summed E-state index contributed by atoms with van der Waals surface area (Å²) in [5.74, 6) is 4.07. The zero-order chi connectivity index (χ0) is 22.0. The van der Waals surface area contributed by atoms with Crippen molar-refractivity contribution < 1.29 is 26.7 Å². The summed E-state index contributed by atoms with van der Waals surface area (Å²) in [6.07, 6.45) is 0.270. The average molecular weight is 437 g/mol. The molecule has 0 saturated carbocycles. The fraction of sp³-hybridized carbons (Fsp3) is 0.211.